The van der Waals surface area contributed by atoms with Crippen molar-refractivity contribution in [1.29, 1.82) is 0 Å². The lowest BCUT2D eigenvalue weighted by Gasteiger charge is -2.46. The smallest absolute Gasteiger partial charge is 0.248 e. The second kappa shape index (κ2) is 7.82. The number of aryl methyl sites for hydroxylation is 1. The van der Waals surface area contributed by atoms with Crippen LogP contribution in [0.25, 0.3) is 11.1 Å². The van der Waals surface area contributed by atoms with Gasteiger partial charge in [0.1, 0.15) is 5.82 Å². The first kappa shape index (κ1) is 19.9. The summed E-state index contributed by atoms with van der Waals surface area (Å²) in [5, 5.41) is 3.29. The van der Waals surface area contributed by atoms with Crippen LogP contribution in [-0.2, 0) is 5.41 Å². The summed E-state index contributed by atoms with van der Waals surface area (Å²) in [6, 6.07) is 10.1. The summed E-state index contributed by atoms with van der Waals surface area (Å²) in [6.45, 7) is 4.60. The Balaban J connectivity index is 1.52. The molecule has 0 atom stereocenters. The summed E-state index contributed by atoms with van der Waals surface area (Å²) in [4.78, 5) is 24.6. The van der Waals surface area contributed by atoms with Crippen molar-refractivity contribution >= 4 is 11.9 Å². The molecule has 3 N–H and O–H groups in total. The summed E-state index contributed by atoms with van der Waals surface area (Å²) < 4.78 is 14.4. The molecule has 0 radical (unpaired) electrons. The van der Waals surface area contributed by atoms with E-state index in [4.69, 9.17) is 5.73 Å². The molecule has 1 fully saturated rings. The minimum Gasteiger partial charge on any atom is -0.366 e. The molecule has 1 aliphatic rings. The maximum absolute atomic E-state index is 14.4. The molecule has 1 aliphatic carbocycles. The lowest BCUT2D eigenvalue weighted by atomic mass is 9.60. The fraction of sp³-hybridized carbons (Fsp3) is 0.304. The number of halogens is 1. The van der Waals surface area contributed by atoms with Gasteiger partial charge in [-0.1, -0.05) is 19.1 Å². The number of nitrogens with one attached hydrogen (secondary N) is 1. The van der Waals surface area contributed by atoms with Crippen LogP contribution in [0.1, 0.15) is 41.5 Å². The van der Waals surface area contributed by atoms with Crippen molar-refractivity contribution in [3.63, 3.8) is 0 Å². The molecular formula is C23H24FN5O. The molecule has 0 saturated heterocycles. The second-order valence-corrected chi connectivity index (χ2v) is 8.12. The van der Waals surface area contributed by atoms with Crippen LogP contribution >= 0.6 is 0 Å². The third kappa shape index (κ3) is 3.75. The van der Waals surface area contributed by atoms with Crippen molar-refractivity contribution in [2.45, 2.75) is 32.1 Å². The number of rotatable bonds is 6. The van der Waals surface area contributed by atoms with Crippen molar-refractivity contribution < 1.29 is 9.18 Å². The number of nitrogens with zero attached hydrogens (tertiary/aromatic N) is 3. The number of aromatic nitrogens is 3. The SMILES string of the molecule is Cc1nc(NCC2(c3ncccc3F)CC(C)C2)ncc1-c1ccc(C(N)=O)cc1. The third-order valence-electron chi connectivity index (χ3n) is 5.78. The van der Waals surface area contributed by atoms with Gasteiger partial charge in [0.15, 0.2) is 0 Å². The molecule has 2 aromatic heterocycles. The molecule has 4 rings (SSSR count). The lowest BCUT2D eigenvalue weighted by Crippen LogP contribution is -2.47. The predicted octanol–water partition coefficient (Wildman–Crippen LogP) is 3.86. The van der Waals surface area contributed by atoms with Crippen molar-refractivity contribution in [3.05, 3.63) is 71.6 Å². The van der Waals surface area contributed by atoms with E-state index in [0.717, 1.165) is 29.7 Å². The largest absolute Gasteiger partial charge is 0.366 e. The molecule has 0 aliphatic heterocycles. The highest BCUT2D eigenvalue weighted by Gasteiger charge is 2.46. The van der Waals surface area contributed by atoms with Crippen LogP contribution in [0.15, 0.2) is 48.8 Å². The number of hydrogen-bond donors (Lipinski definition) is 2. The van der Waals surface area contributed by atoms with Gasteiger partial charge in [-0.3, -0.25) is 9.78 Å². The highest BCUT2D eigenvalue weighted by molar-refractivity contribution is 5.93. The van der Waals surface area contributed by atoms with Gasteiger partial charge in [0, 0.05) is 35.5 Å². The summed E-state index contributed by atoms with van der Waals surface area (Å²) in [5.74, 6) is 0.303. The van der Waals surface area contributed by atoms with Crippen molar-refractivity contribution in [2.75, 3.05) is 11.9 Å². The van der Waals surface area contributed by atoms with Crippen molar-refractivity contribution in [2.24, 2.45) is 11.7 Å². The molecule has 154 valence electrons. The molecule has 1 aromatic carbocycles. The summed E-state index contributed by atoms with van der Waals surface area (Å²) in [5.41, 5.74) is 8.51. The Labute approximate surface area is 174 Å². The van der Waals surface area contributed by atoms with Gasteiger partial charge in [-0.15, -0.1) is 0 Å². The first-order valence-electron chi connectivity index (χ1n) is 9.97. The molecule has 1 amide bonds. The van der Waals surface area contributed by atoms with E-state index in [0.29, 0.717) is 29.7 Å². The van der Waals surface area contributed by atoms with Crippen LogP contribution in [0.4, 0.5) is 10.3 Å². The number of primary amides is 1. The van der Waals surface area contributed by atoms with Gasteiger partial charge >= 0.3 is 0 Å². The van der Waals surface area contributed by atoms with E-state index < -0.39 is 5.91 Å². The van der Waals surface area contributed by atoms with E-state index in [-0.39, 0.29) is 11.2 Å². The van der Waals surface area contributed by atoms with Crippen LogP contribution in [0.2, 0.25) is 0 Å². The third-order valence-corrected chi connectivity index (χ3v) is 5.78. The van der Waals surface area contributed by atoms with Gasteiger partial charge in [-0.05, 0) is 55.5 Å². The number of carbonyl (C=O) groups excluding carboxylic acids is 1. The zero-order valence-corrected chi connectivity index (χ0v) is 17.0. The van der Waals surface area contributed by atoms with Gasteiger partial charge < -0.3 is 11.1 Å². The first-order valence-corrected chi connectivity index (χ1v) is 9.97. The maximum atomic E-state index is 14.4. The Bertz CT molecular complexity index is 1080. The molecule has 0 unspecified atom stereocenters. The fourth-order valence-corrected chi connectivity index (χ4v) is 4.37. The average molecular weight is 405 g/mol. The average Bonchev–Trinajstić information content (AvgIpc) is 2.71. The minimum absolute atomic E-state index is 0.266. The summed E-state index contributed by atoms with van der Waals surface area (Å²) in [7, 11) is 0. The number of benzene rings is 1. The molecule has 1 saturated carbocycles. The first-order chi connectivity index (χ1) is 14.4. The van der Waals surface area contributed by atoms with Gasteiger partial charge in [-0.25, -0.2) is 14.4 Å². The molecular weight excluding hydrogens is 381 g/mol. The number of hydrogen-bond acceptors (Lipinski definition) is 5. The van der Waals surface area contributed by atoms with Gasteiger partial charge in [0.05, 0.1) is 11.4 Å². The highest BCUT2D eigenvalue weighted by atomic mass is 19.1. The fourth-order valence-electron chi connectivity index (χ4n) is 4.37. The molecule has 0 spiro atoms. The Hall–Kier alpha value is -3.35. The van der Waals surface area contributed by atoms with Gasteiger partial charge in [-0.2, -0.15) is 0 Å². The summed E-state index contributed by atoms with van der Waals surface area (Å²) >= 11 is 0. The van der Waals surface area contributed by atoms with E-state index >= 15 is 0 Å². The van der Waals surface area contributed by atoms with Gasteiger partial charge in [0.25, 0.3) is 0 Å². The molecule has 0 bridgehead atoms. The quantitative estimate of drug-likeness (QED) is 0.649. The molecule has 3 aromatic rings. The number of amides is 1. The van der Waals surface area contributed by atoms with E-state index in [1.807, 2.05) is 19.1 Å². The molecule has 7 heteroatoms. The monoisotopic (exact) mass is 405 g/mol. The Morgan fingerprint density at radius 3 is 2.57 bits per heavy atom. The lowest BCUT2D eigenvalue weighted by molar-refractivity contribution is 0.100. The number of carbonyl (C=O) groups is 1. The minimum atomic E-state index is -0.461. The van der Waals surface area contributed by atoms with E-state index in [2.05, 4.69) is 27.2 Å². The standard InChI is InChI=1S/C23H24FN5O/c1-14-10-23(11-14,20-19(24)4-3-9-26-20)13-28-22-27-12-18(15(2)29-22)16-5-7-17(8-6-16)21(25)30/h3-9,12,14H,10-11,13H2,1-2H3,(H2,25,30)(H,27,28,29). The molecule has 2 heterocycles. The van der Waals surface area contributed by atoms with Crippen LogP contribution < -0.4 is 11.1 Å². The maximum Gasteiger partial charge on any atom is 0.248 e. The van der Waals surface area contributed by atoms with E-state index in [1.54, 1.807) is 30.6 Å². The topological polar surface area (TPSA) is 93.8 Å². The van der Waals surface area contributed by atoms with E-state index in [1.165, 1.54) is 6.07 Å². The van der Waals surface area contributed by atoms with Crippen molar-refractivity contribution in [3.8, 4) is 11.1 Å². The van der Waals surface area contributed by atoms with Crippen LogP contribution in [0.5, 0.6) is 0 Å². The highest BCUT2D eigenvalue weighted by Crippen LogP contribution is 2.47. The van der Waals surface area contributed by atoms with Gasteiger partial charge in [0.2, 0.25) is 11.9 Å². The normalized spacial score (nSPS) is 20.4. The zero-order valence-electron chi connectivity index (χ0n) is 17.0. The predicted molar refractivity (Wildman–Crippen MR) is 113 cm³/mol. The number of pyridine rings is 1. The molecule has 6 nitrogen and oxygen atoms in total. The summed E-state index contributed by atoms with van der Waals surface area (Å²) in [6.07, 6.45) is 5.14. The Kier molecular flexibility index (Phi) is 5.20. The van der Waals surface area contributed by atoms with Crippen LogP contribution in [-0.4, -0.2) is 27.4 Å². The number of nitrogens with two attached hydrogens (primary N) is 1. The Morgan fingerprint density at radius 2 is 1.97 bits per heavy atom. The second-order valence-electron chi connectivity index (χ2n) is 8.12. The zero-order chi connectivity index (χ0) is 21.3. The van der Waals surface area contributed by atoms with Crippen LogP contribution in [0.3, 0.4) is 0 Å². The molecule has 30 heavy (non-hydrogen) atoms. The number of anilines is 1. The van der Waals surface area contributed by atoms with Crippen LogP contribution in [0, 0.1) is 18.7 Å². The Morgan fingerprint density at radius 1 is 1.23 bits per heavy atom. The van der Waals surface area contributed by atoms with Crippen molar-refractivity contribution in [1.82, 2.24) is 15.0 Å². The van der Waals surface area contributed by atoms with E-state index in [9.17, 15) is 9.18 Å².